The molecular weight excluding hydrogens is 252 g/mol. The molecule has 106 valence electrons. The lowest BCUT2D eigenvalue weighted by Gasteiger charge is -2.26. The fraction of sp³-hybridized carbons (Fsp3) is 0.500. The number of carbonyl (C=O) groups is 1. The van der Waals surface area contributed by atoms with Crippen LogP contribution in [0, 0.1) is 17.2 Å². The minimum absolute atomic E-state index is 0.232. The number of amides is 1. The summed E-state index contributed by atoms with van der Waals surface area (Å²) >= 11 is 0. The highest BCUT2D eigenvalue weighted by atomic mass is 16.5. The molecular formula is C16H20N2O2. The van der Waals surface area contributed by atoms with Crippen LogP contribution in [0.15, 0.2) is 30.3 Å². The first kappa shape index (κ1) is 14.4. The summed E-state index contributed by atoms with van der Waals surface area (Å²) in [5.74, 6) is 0.262. The van der Waals surface area contributed by atoms with Gasteiger partial charge in [-0.2, -0.15) is 5.26 Å². The number of alkyl carbamates (subject to hydrolysis) is 1. The van der Waals surface area contributed by atoms with Gasteiger partial charge in [0.2, 0.25) is 0 Å². The molecule has 1 fully saturated rings. The van der Waals surface area contributed by atoms with Crippen LogP contribution in [0.3, 0.4) is 0 Å². The second-order valence-corrected chi connectivity index (χ2v) is 5.21. The Hall–Kier alpha value is -2.02. The van der Waals surface area contributed by atoms with Gasteiger partial charge in [0.1, 0.15) is 12.6 Å². The Labute approximate surface area is 119 Å². The molecule has 4 nitrogen and oxygen atoms in total. The molecule has 1 atom stereocenters. The highest BCUT2D eigenvalue weighted by molar-refractivity contribution is 5.68. The standard InChI is InChI=1S/C16H20N2O2/c17-11-15(14-9-5-2-6-10-14)18-16(19)20-12-13-7-3-1-4-8-13/h1,3-4,7-8,14-15H,2,5-6,9-10,12H2,(H,18,19). The maximum Gasteiger partial charge on any atom is 0.408 e. The normalized spacial score (nSPS) is 16.9. The van der Waals surface area contributed by atoms with E-state index in [0.717, 1.165) is 31.2 Å². The summed E-state index contributed by atoms with van der Waals surface area (Å²) in [7, 11) is 0. The molecule has 0 aromatic heterocycles. The quantitative estimate of drug-likeness (QED) is 0.913. The van der Waals surface area contributed by atoms with Crippen molar-refractivity contribution < 1.29 is 9.53 Å². The molecule has 0 radical (unpaired) electrons. The molecule has 1 aromatic carbocycles. The average Bonchev–Trinajstić information content (AvgIpc) is 2.52. The van der Waals surface area contributed by atoms with E-state index < -0.39 is 12.1 Å². The predicted octanol–water partition coefficient (Wildman–Crippen LogP) is 3.39. The minimum Gasteiger partial charge on any atom is -0.445 e. The lowest BCUT2D eigenvalue weighted by Crippen LogP contribution is -2.40. The zero-order chi connectivity index (χ0) is 14.2. The van der Waals surface area contributed by atoms with E-state index in [4.69, 9.17) is 4.74 Å². The van der Waals surface area contributed by atoms with Crippen molar-refractivity contribution >= 4 is 6.09 Å². The largest absolute Gasteiger partial charge is 0.445 e. The molecule has 1 N–H and O–H groups in total. The Kier molecular flexibility index (Phi) is 5.43. The van der Waals surface area contributed by atoms with Crippen molar-refractivity contribution in [3.05, 3.63) is 35.9 Å². The van der Waals surface area contributed by atoms with Gasteiger partial charge >= 0.3 is 6.09 Å². The van der Waals surface area contributed by atoms with Crippen molar-refractivity contribution in [1.29, 1.82) is 5.26 Å². The van der Waals surface area contributed by atoms with Crippen molar-refractivity contribution in [2.45, 2.75) is 44.8 Å². The van der Waals surface area contributed by atoms with Crippen molar-refractivity contribution in [2.24, 2.45) is 5.92 Å². The summed E-state index contributed by atoms with van der Waals surface area (Å²) in [4.78, 5) is 11.7. The Morgan fingerprint density at radius 2 is 2.00 bits per heavy atom. The topological polar surface area (TPSA) is 62.1 Å². The van der Waals surface area contributed by atoms with E-state index in [9.17, 15) is 10.1 Å². The van der Waals surface area contributed by atoms with Crippen LogP contribution in [0.25, 0.3) is 0 Å². The zero-order valence-electron chi connectivity index (χ0n) is 11.5. The molecule has 1 aliphatic carbocycles. The third kappa shape index (κ3) is 4.27. The first-order chi connectivity index (χ1) is 9.79. The molecule has 4 heteroatoms. The van der Waals surface area contributed by atoms with Crippen LogP contribution < -0.4 is 5.32 Å². The van der Waals surface area contributed by atoms with Crippen LogP contribution in [0.5, 0.6) is 0 Å². The van der Waals surface area contributed by atoms with Gasteiger partial charge < -0.3 is 10.1 Å². The van der Waals surface area contributed by atoms with Gasteiger partial charge in [0.15, 0.2) is 0 Å². The average molecular weight is 272 g/mol. The van der Waals surface area contributed by atoms with E-state index >= 15 is 0 Å². The summed E-state index contributed by atoms with van der Waals surface area (Å²) in [5, 5.41) is 11.9. The van der Waals surface area contributed by atoms with E-state index in [0.29, 0.717) is 0 Å². The summed E-state index contributed by atoms with van der Waals surface area (Å²) < 4.78 is 5.15. The number of nitrogens with zero attached hydrogens (tertiary/aromatic N) is 1. The van der Waals surface area contributed by atoms with Gasteiger partial charge in [0, 0.05) is 0 Å². The fourth-order valence-electron chi connectivity index (χ4n) is 2.61. The zero-order valence-corrected chi connectivity index (χ0v) is 11.5. The molecule has 1 aromatic rings. The summed E-state index contributed by atoms with van der Waals surface area (Å²) in [6, 6.07) is 11.3. The number of hydrogen-bond donors (Lipinski definition) is 1. The Morgan fingerprint density at radius 1 is 1.30 bits per heavy atom. The van der Waals surface area contributed by atoms with Crippen molar-refractivity contribution in [2.75, 3.05) is 0 Å². The predicted molar refractivity (Wildman–Crippen MR) is 75.7 cm³/mol. The maximum atomic E-state index is 11.7. The van der Waals surface area contributed by atoms with Gasteiger partial charge in [0.05, 0.1) is 6.07 Å². The van der Waals surface area contributed by atoms with Crippen LogP contribution in [0.2, 0.25) is 0 Å². The molecule has 0 heterocycles. The van der Waals surface area contributed by atoms with E-state index in [1.165, 1.54) is 6.42 Å². The number of hydrogen-bond acceptors (Lipinski definition) is 3. The van der Waals surface area contributed by atoms with Crippen LogP contribution in [-0.4, -0.2) is 12.1 Å². The number of rotatable bonds is 4. The van der Waals surface area contributed by atoms with Crippen molar-refractivity contribution in [3.63, 3.8) is 0 Å². The molecule has 0 bridgehead atoms. The number of carbonyl (C=O) groups excluding carboxylic acids is 1. The van der Waals surface area contributed by atoms with Gasteiger partial charge in [-0.3, -0.25) is 0 Å². The van der Waals surface area contributed by atoms with Gasteiger partial charge in [-0.05, 0) is 24.3 Å². The van der Waals surface area contributed by atoms with Crippen LogP contribution in [0.4, 0.5) is 4.79 Å². The highest BCUT2D eigenvalue weighted by Crippen LogP contribution is 2.26. The Balaban J connectivity index is 1.79. The number of nitrogens with one attached hydrogen (secondary N) is 1. The molecule has 1 amide bonds. The number of ether oxygens (including phenoxy) is 1. The van der Waals surface area contributed by atoms with Gasteiger partial charge in [-0.25, -0.2) is 4.79 Å². The Bertz CT molecular complexity index is 461. The monoisotopic (exact) mass is 272 g/mol. The highest BCUT2D eigenvalue weighted by Gasteiger charge is 2.25. The van der Waals surface area contributed by atoms with E-state index in [2.05, 4.69) is 11.4 Å². The number of nitriles is 1. The molecule has 1 aliphatic rings. The molecule has 1 unspecified atom stereocenters. The van der Waals surface area contributed by atoms with E-state index in [1.807, 2.05) is 30.3 Å². The second-order valence-electron chi connectivity index (χ2n) is 5.21. The molecule has 2 rings (SSSR count). The van der Waals surface area contributed by atoms with Crippen LogP contribution in [0.1, 0.15) is 37.7 Å². The van der Waals surface area contributed by atoms with Crippen molar-refractivity contribution in [1.82, 2.24) is 5.32 Å². The van der Waals surface area contributed by atoms with Gasteiger partial charge in [-0.1, -0.05) is 49.6 Å². The van der Waals surface area contributed by atoms with Gasteiger partial charge in [-0.15, -0.1) is 0 Å². The smallest absolute Gasteiger partial charge is 0.408 e. The van der Waals surface area contributed by atoms with Crippen LogP contribution in [-0.2, 0) is 11.3 Å². The summed E-state index contributed by atoms with van der Waals surface area (Å²) in [6.07, 6.45) is 5.03. The van der Waals surface area contributed by atoms with E-state index in [-0.39, 0.29) is 12.5 Å². The summed E-state index contributed by atoms with van der Waals surface area (Å²) in [6.45, 7) is 0.232. The summed E-state index contributed by atoms with van der Waals surface area (Å²) in [5.41, 5.74) is 0.939. The number of benzene rings is 1. The SMILES string of the molecule is N#CC(NC(=O)OCc1ccccc1)C1CCCCC1. The van der Waals surface area contributed by atoms with E-state index in [1.54, 1.807) is 0 Å². The first-order valence-electron chi connectivity index (χ1n) is 7.16. The van der Waals surface area contributed by atoms with Gasteiger partial charge in [0.25, 0.3) is 0 Å². The molecule has 0 spiro atoms. The first-order valence-corrected chi connectivity index (χ1v) is 7.16. The fourth-order valence-corrected chi connectivity index (χ4v) is 2.61. The molecule has 0 saturated heterocycles. The van der Waals surface area contributed by atoms with Crippen molar-refractivity contribution in [3.8, 4) is 6.07 Å². The Morgan fingerprint density at radius 3 is 2.65 bits per heavy atom. The maximum absolute atomic E-state index is 11.7. The third-order valence-corrected chi connectivity index (χ3v) is 3.75. The lowest BCUT2D eigenvalue weighted by molar-refractivity contribution is 0.133. The lowest BCUT2D eigenvalue weighted by atomic mass is 9.84. The molecule has 1 saturated carbocycles. The third-order valence-electron chi connectivity index (χ3n) is 3.75. The second kappa shape index (κ2) is 7.54. The molecule has 20 heavy (non-hydrogen) atoms. The van der Waals surface area contributed by atoms with Crippen LogP contribution >= 0.6 is 0 Å². The molecule has 0 aliphatic heterocycles. The minimum atomic E-state index is -0.508.